The average Bonchev–Trinajstić information content (AvgIpc) is 2.01. The van der Waals surface area contributed by atoms with Gasteiger partial charge in [-0.15, -0.1) is 0 Å². The lowest BCUT2D eigenvalue weighted by Gasteiger charge is -2.40. The minimum atomic E-state index is -0.223. The third kappa shape index (κ3) is 4.77. The second kappa shape index (κ2) is 6.02. The molecular formula is C13H28N2O. The van der Waals surface area contributed by atoms with Crippen LogP contribution in [0.5, 0.6) is 0 Å². The lowest BCUT2D eigenvalue weighted by Crippen LogP contribution is -2.54. The fourth-order valence-electron chi connectivity index (χ4n) is 0.895. The highest BCUT2D eigenvalue weighted by Crippen LogP contribution is 2.29. The summed E-state index contributed by atoms with van der Waals surface area (Å²) in [4.78, 5) is 15.5. The van der Waals surface area contributed by atoms with Gasteiger partial charge < -0.3 is 10.3 Å². The molecule has 16 heavy (non-hydrogen) atoms. The lowest BCUT2D eigenvalue weighted by atomic mass is 9.76. The molecule has 1 unspecified atom stereocenters. The summed E-state index contributed by atoms with van der Waals surface area (Å²) in [6.45, 7) is 16.2. The topological polar surface area (TPSA) is 41.5 Å². The maximum Gasteiger partial charge on any atom is 0.225 e. The van der Waals surface area contributed by atoms with Gasteiger partial charge in [-0.25, -0.2) is 0 Å². The molecule has 0 saturated carbocycles. The molecule has 0 radical (unpaired) electrons. The van der Waals surface area contributed by atoms with E-state index in [4.69, 9.17) is 0 Å². The number of amides is 1. The molecule has 0 aliphatic heterocycles. The Balaban J connectivity index is 0. The van der Waals surface area contributed by atoms with Gasteiger partial charge in [0.2, 0.25) is 5.91 Å². The van der Waals surface area contributed by atoms with E-state index in [0.29, 0.717) is 6.54 Å². The van der Waals surface area contributed by atoms with Gasteiger partial charge in [-0.1, -0.05) is 35.1 Å². The highest BCUT2D eigenvalue weighted by Gasteiger charge is 2.34. The van der Waals surface area contributed by atoms with Crippen molar-refractivity contribution in [2.75, 3.05) is 6.54 Å². The molecule has 0 heterocycles. The predicted molar refractivity (Wildman–Crippen MR) is 72.0 cm³/mol. The van der Waals surface area contributed by atoms with E-state index in [1.54, 1.807) is 0 Å². The van der Waals surface area contributed by atoms with Gasteiger partial charge in [-0.2, -0.15) is 0 Å². The molecule has 0 spiro atoms. The van der Waals surface area contributed by atoms with Crippen molar-refractivity contribution < 1.29 is 4.79 Å². The number of aliphatic imine (C=N–C) groups is 1. The zero-order valence-corrected chi connectivity index (χ0v) is 10.8. The minimum Gasteiger partial charge on any atom is -0.350 e. The van der Waals surface area contributed by atoms with Crippen molar-refractivity contribution in [2.45, 2.75) is 54.5 Å². The van der Waals surface area contributed by atoms with Crippen molar-refractivity contribution in [3.05, 3.63) is 0 Å². The van der Waals surface area contributed by atoms with Crippen LogP contribution >= 0.6 is 0 Å². The first-order valence-corrected chi connectivity index (χ1v) is 5.36. The second-order valence-electron chi connectivity index (χ2n) is 5.67. The number of rotatable bonds is 4. The summed E-state index contributed by atoms with van der Waals surface area (Å²) in [5.74, 6) is -0.0635. The maximum absolute atomic E-state index is 11.8. The SMILES string of the molecule is C.C=NCC(C)C(=O)NC(C)(C)C(C)(C)C. The van der Waals surface area contributed by atoms with E-state index in [-0.39, 0.29) is 30.2 Å². The standard InChI is InChI=1S/C12H24N2O.CH4/c1-9(8-13-7)10(15)14-12(5,6)11(2,3)4;/h9H,7-8H2,1-6H3,(H,14,15);1H4. The predicted octanol–water partition coefficient (Wildman–Crippen LogP) is 2.90. The van der Waals surface area contributed by atoms with E-state index in [9.17, 15) is 4.79 Å². The summed E-state index contributed by atoms with van der Waals surface area (Å²) in [6, 6.07) is 0. The third-order valence-corrected chi connectivity index (χ3v) is 3.16. The molecule has 0 saturated heterocycles. The van der Waals surface area contributed by atoms with Crippen molar-refractivity contribution in [3.8, 4) is 0 Å². The monoisotopic (exact) mass is 228 g/mol. The molecule has 0 rings (SSSR count). The van der Waals surface area contributed by atoms with E-state index in [1.165, 1.54) is 0 Å². The van der Waals surface area contributed by atoms with Gasteiger partial charge in [0.05, 0.1) is 5.92 Å². The molecule has 96 valence electrons. The summed E-state index contributed by atoms with van der Waals surface area (Å²) in [6.07, 6.45) is 0. The highest BCUT2D eigenvalue weighted by atomic mass is 16.2. The smallest absolute Gasteiger partial charge is 0.225 e. The summed E-state index contributed by atoms with van der Waals surface area (Å²) in [5.41, 5.74) is -0.191. The van der Waals surface area contributed by atoms with E-state index in [2.05, 4.69) is 37.8 Å². The third-order valence-electron chi connectivity index (χ3n) is 3.16. The van der Waals surface area contributed by atoms with Gasteiger partial charge in [0.15, 0.2) is 0 Å². The first-order valence-electron chi connectivity index (χ1n) is 5.36. The van der Waals surface area contributed by atoms with Crippen molar-refractivity contribution in [1.29, 1.82) is 0 Å². The van der Waals surface area contributed by atoms with Crippen LogP contribution in [0.2, 0.25) is 0 Å². The maximum atomic E-state index is 11.8. The largest absolute Gasteiger partial charge is 0.350 e. The van der Waals surface area contributed by atoms with Crippen LogP contribution in [-0.4, -0.2) is 24.7 Å². The van der Waals surface area contributed by atoms with Crippen LogP contribution in [0.4, 0.5) is 0 Å². The molecule has 0 aromatic carbocycles. The van der Waals surface area contributed by atoms with Crippen LogP contribution in [0.25, 0.3) is 0 Å². The molecule has 3 heteroatoms. The molecule has 3 nitrogen and oxygen atoms in total. The first-order chi connectivity index (χ1) is 6.62. The van der Waals surface area contributed by atoms with Gasteiger partial charge in [0.25, 0.3) is 0 Å². The average molecular weight is 228 g/mol. The molecule has 0 bridgehead atoms. The van der Waals surface area contributed by atoms with Crippen molar-refractivity contribution in [2.24, 2.45) is 16.3 Å². The summed E-state index contributed by atoms with van der Waals surface area (Å²) in [7, 11) is 0. The Labute approximate surface area is 101 Å². The van der Waals surface area contributed by atoms with Crippen molar-refractivity contribution in [1.82, 2.24) is 5.32 Å². The zero-order chi connectivity index (χ0) is 12.3. The Morgan fingerprint density at radius 2 is 1.75 bits per heavy atom. The van der Waals surface area contributed by atoms with Crippen LogP contribution < -0.4 is 5.32 Å². The highest BCUT2D eigenvalue weighted by molar-refractivity contribution is 5.79. The molecule has 0 aromatic rings. The molecule has 1 amide bonds. The number of nitrogens with one attached hydrogen (secondary N) is 1. The Bertz CT molecular complexity index is 239. The molecule has 0 fully saturated rings. The first kappa shape index (κ1) is 17.5. The van der Waals surface area contributed by atoms with Gasteiger partial charge in [0, 0.05) is 12.1 Å². The van der Waals surface area contributed by atoms with Crippen LogP contribution in [-0.2, 0) is 4.79 Å². The minimum absolute atomic E-state index is 0. The fraction of sp³-hybridized carbons (Fsp3) is 0.846. The fourth-order valence-corrected chi connectivity index (χ4v) is 0.895. The van der Waals surface area contributed by atoms with Crippen LogP contribution in [0.15, 0.2) is 4.99 Å². The Kier molecular flexibility index (Phi) is 6.60. The Morgan fingerprint density at radius 1 is 1.31 bits per heavy atom. The van der Waals surface area contributed by atoms with Gasteiger partial charge in [0.1, 0.15) is 0 Å². The lowest BCUT2D eigenvalue weighted by molar-refractivity contribution is -0.127. The quantitative estimate of drug-likeness (QED) is 0.739. The number of hydrogen-bond acceptors (Lipinski definition) is 2. The van der Waals surface area contributed by atoms with Gasteiger partial charge in [-0.3, -0.25) is 4.79 Å². The molecule has 0 aliphatic carbocycles. The van der Waals surface area contributed by atoms with E-state index < -0.39 is 0 Å². The van der Waals surface area contributed by atoms with E-state index >= 15 is 0 Å². The van der Waals surface area contributed by atoms with Crippen LogP contribution in [0.1, 0.15) is 49.0 Å². The molecule has 0 aliphatic rings. The van der Waals surface area contributed by atoms with Crippen LogP contribution in [0.3, 0.4) is 0 Å². The second-order valence-corrected chi connectivity index (χ2v) is 5.67. The number of hydrogen-bond donors (Lipinski definition) is 1. The Hall–Kier alpha value is -0.860. The number of nitrogens with zero attached hydrogens (tertiary/aromatic N) is 1. The van der Waals surface area contributed by atoms with Gasteiger partial charge >= 0.3 is 0 Å². The zero-order valence-electron chi connectivity index (χ0n) is 10.8. The number of carbonyl (C=O) groups excluding carboxylic acids is 1. The molecule has 1 N–H and O–H groups in total. The summed E-state index contributed by atoms with van der Waals surface area (Å²) < 4.78 is 0. The van der Waals surface area contributed by atoms with Crippen LogP contribution in [0, 0.1) is 11.3 Å². The van der Waals surface area contributed by atoms with Crippen molar-refractivity contribution in [3.63, 3.8) is 0 Å². The molecular weight excluding hydrogens is 200 g/mol. The van der Waals surface area contributed by atoms with E-state index in [1.807, 2.05) is 20.8 Å². The number of carbonyl (C=O) groups is 1. The molecule has 0 aromatic heterocycles. The Morgan fingerprint density at radius 3 is 2.06 bits per heavy atom. The summed E-state index contributed by atoms with van der Waals surface area (Å²) >= 11 is 0. The van der Waals surface area contributed by atoms with E-state index in [0.717, 1.165) is 0 Å². The molecule has 1 atom stereocenters. The van der Waals surface area contributed by atoms with Gasteiger partial charge in [-0.05, 0) is 26.0 Å². The summed E-state index contributed by atoms with van der Waals surface area (Å²) in [5, 5.41) is 3.05. The normalized spacial score (nSPS) is 13.6. The van der Waals surface area contributed by atoms with Crippen molar-refractivity contribution >= 4 is 12.6 Å².